The third-order valence-electron chi connectivity index (χ3n) is 10.8. The summed E-state index contributed by atoms with van der Waals surface area (Å²) in [6.07, 6.45) is 13.6. The summed E-state index contributed by atoms with van der Waals surface area (Å²) >= 11 is 0. The molecule has 1 aromatic carbocycles. The fourth-order valence-corrected chi connectivity index (χ4v) is 9.43. The van der Waals surface area contributed by atoms with Crippen LogP contribution in [0.4, 0.5) is 0 Å². The van der Waals surface area contributed by atoms with Crippen LogP contribution in [0.5, 0.6) is 0 Å². The molecule has 0 radical (unpaired) electrons. The molecule has 1 aromatic rings. The van der Waals surface area contributed by atoms with Gasteiger partial charge in [-0.2, -0.15) is 0 Å². The van der Waals surface area contributed by atoms with Crippen LogP contribution < -0.4 is 0 Å². The number of rotatable bonds is 17. The first-order valence-electron chi connectivity index (χ1n) is 17.1. The molecule has 45 heavy (non-hydrogen) atoms. The van der Waals surface area contributed by atoms with Crippen LogP contribution in [-0.4, -0.2) is 46.5 Å². The molecule has 5 nitrogen and oxygen atoms in total. The van der Waals surface area contributed by atoms with Crippen LogP contribution in [0.15, 0.2) is 48.6 Å². The van der Waals surface area contributed by atoms with Crippen LogP contribution in [0.3, 0.4) is 0 Å². The van der Waals surface area contributed by atoms with Crippen molar-refractivity contribution < 1.29 is 23.9 Å². The van der Waals surface area contributed by atoms with Crippen molar-refractivity contribution in [3.63, 3.8) is 0 Å². The summed E-state index contributed by atoms with van der Waals surface area (Å²) in [6.45, 7) is 24.2. The Morgan fingerprint density at radius 1 is 1.04 bits per heavy atom. The van der Waals surface area contributed by atoms with Crippen molar-refractivity contribution in [2.45, 2.75) is 142 Å². The number of aliphatic carboxylic acids is 1. The molecule has 4 atom stereocenters. The lowest BCUT2D eigenvalue weighted by atomic mass is 9.89. The molecule has 0 spiro atoms. The number of carboxylic acids is 1. The molecule has 7 heteroatoms. The fraction of sp³-hybridized carbons (Fsp3) is 0.684. The maximum atomic E-state index is 13.5. The number of hydrogen-bond donors (Lipinski definition) is 1. The van der Waals surface area contributed by atoms with E-state index in [1.165, 1.54) is 17.2 Å². The number of benzene rings is 1. The molecule has 1 unspecified atom stereocenters. The third-order valence-corrected chi connectivity index (χ3v) is 20.9. The van der Waals surface area contributed by atoms with Crippen LogP contribution >= 0.6 is 0 Å². The molecule has 1 saturated carbocycles. The second kappa shape index (κ2) is 16.8. The van der Waals surface area contributed by atoms with Gasteiger partial charge in [-0.15, -0.1) is 0 Å². The molecule has 1 fully saturated rings. The lowest BCUT2D eigenvalue weighted by molar-refractivity contribution is -0.137. The maximum Gasteiger partial charge on any atom is 0.303 e. The van der Waals surface area contributed by atoms with E-state index < -0.39 is 22.4 Å². The Kier molecular flexibility index (Phi) is 14.7. The van der Waals surface area contributed by atoms with Crippen molar-refractivity contribution in [3.05, 3.63) is 59.7 Å². The van der Waals surface area contributed by atoms with Gasteiger partial charge in [0.1, 0.15) is 5.78 Å². The van der Waals surface area contributed by atoms with Crippen molar-refractivity contribution in [3.8, 4) is 0 Å². The first kappa shape index (κ1) is 39.4. The highest BCUT2D eigenvalue weighted by atomic mass is 28.4. The molecular formula is C38H64O5Si2. The number of ether oxygens (including phenoxy) is 1. The summed E-state index contributed by atoms with van der Waals surface area (Å²) in [5, 5.41) is 9.32. The molecule has 0 heterocycles. The highest BCUT2D eigenvalue weighted by Crippen LogP contribution is 2.44. The molecule has 0 bridgehead atoms. The van der Waals surface area contributed by atoms with E-state index in [1.807, 2.05) is 0 Å². The van der Waals surface area contributed by atoms with Gasteiger partial charge in [-0.05, 0) is 72.3 Å². The second-order valence-electron chi connectivity index (χ2n) is 16.5. The van der Waals surface area contributed by atoms with Crippen LogP contribution in [0.1, 0.15) is 91.2 Å². The average Bonchev–Trinajstić information content (AvgIpc) is 3.19. The SMILES string of the molecule is COCc1cccc(CC[C@@H](/C=C/C2[C@H](O[Si](C)(C)C(C)(C)C)CC(=O)[C@@H]2C/C=C\CCCC(=O)O)C[Si](C)(C)C(C)(C)C)c1. The van der Waals surface area contributed by atoms with Crippen molar-refractivity contribution in [2.75, 3.05) is 7.11 Å². The predicted octanol–water partition coefficient (Wildman–Crippen LogP) is 10.2. The van der Waals surface area contributed by atoms with Gasteiger partial charge in [0.15, 0.2) is 8.32 Å². The van der Waals surface area contributed by atoms with Crippen molar-refractivity contribution in [2.24, 2.45) is 17.8 Å². The number of carbonyl (C=O) groups is 2. The van der Waals surface area contributed by atoms with Crippen LogP contribution in [0.25, 0.3) is 0 Å². The summed E-state index contributed by atoms with van der Waals surface area (Å²) in [7, 11) is -1.92. The van der Waals surface area contributed by atoms with E-state index in [-0.39, 0.29) is 29.4 Å². The molecule has 0 aromatic heterocycles. The maximum absolute atomic E-state index is 13.5. The van der Waals surface area contributed by atoms with Crippen molar-refractivity contribution in [1.29, 1.82) is 0 Å². The average molecular weight is 657 g/mol. The smallest absolute Gasteiger partial charge is 0.303 e. The molecule has 1 aliphatic carbocycles. The lowest BCUT2D eigenvalue weighted by Crippen LogP contribution is -2.45. The Hall–Kier alpha value is -1.81. The minimum absolute atomic E-state index is 0.0437. The van der Waals surface area contributed by atoms with E-state index >= 15 is 0 Å². The summed E-state index contributed by atoms with van der Waals surface area (Å²) in [6, 6.07) is 9.96. The van der Waals surface area contributed by atoms with Gasteiger partial charge in [-0.25, -0.2) is 0 Å². The topological polar surface area (TPSA) is 72.8 Å². The molecule has 1 aliphatic rings. The zero-order valence-electron chi connectivity index (χ0n) is 30.4. The van der Waals surface area contributed by atoms with Gasteiger partial charge in [-0.1, -0.05) is 109 Å². The summed E-state index contributed by atoms with van der Waals surface area (Å²) < 4.78 is 12.4. The standard InChI is InChI=1S/C38H64O5Si2/c1-37(2,3)44(8,9)28-30(22-21-29-17-16-18-31(25-29)27-42-7)23-24-33-32(19-14-12-13-15-20-36(40)41)34(39)26-35(33)43-45(10,11)38(4,5)6/h12,14,16-18,23-25,30,32-33,35H,13,15,19-22,26-28H2,1-11H3,(H,40,41)/b14-12-,24-23+/t30-,32+,33?,35+/m0/s1. The van der Waals surface area contributed by atoms with E-state index in [1.54, 1.807) is 7.11 Å². The van der Waals surface area contributed by atoms with Gasteiger partial charge < -0.3 is 14.3 Å². The third kappa shape index (κ3) is 12.4. The van der Waals surface area contributed by atoms with Crippen LogP contribution in [-0.2, 0) is 31.8 Å². The van der Waals surface area contributed by atoms with Crippen molar-refractivity contribution in [1.82, 2.24) is 0 Å². The summed E-state index contributed by atoms with van der Waals surface area (Å²) in [5.74, 6) is -0.110. The monoisotopic (exact) mass is 656 g/mol. The summed E-state index contributed by atoms with van der Waals surface area (Å²) in [5.41, 5.74) is 2.56. The molecule has 0 amide bonds. The molecular weight excluding hydrogens is 593 g/mol. The normalized spacial score (nSPS) is 20.9. The van der Waals surface area contributed by atoms with Crippen LogP contribution in [0.2, 0.25) is 42.3 Å². The zero-order chi connectivity index (χ0) is 34.1. The first-order valence-corrected chi connectivity index (χ1v) is 23.2. The lowest BCUT2D eigenvalue weighted by Gasteiger charge is -2.40. The van der Waals surface area contributed by atoms with E-state index in [0.717, 1.165) is 19.3 Å². The Morgan fingerprint density at radius 3 is 2.31 bits per heavy atom. The Bertz CT molecular complexity index is 1160. The number of methoxy groups -OCH3 is 1. The van der Waals surface area contributed by atoms with E-state index in [2.05, 4.69) is 116 Å². The fourth-order valence-electron chi connectivity index (χ4n) is 5.82. The minimum Gasteiger partial charge on any atom is -0.481 e. The van der Waals surface area contributed by atoms with E-state index in [4.69, 9.17) is 14.3 Å². The number of Topliss-reactive ketones (excluding diaryl/α,β-unsaturated/α-hetero) is 1. The quantitative estimate of drug-likeness (QED) is 0.103. The number of ketones is 1. The second-order valence-corrected chi connectivity index (χ2v) is 27.0. The largest absolute Gasteiger partial charge is 0.481 e. The van der Waals surface area contributed by atoms with Crippen LogP contribution in [0, 0.1) is 17.8 Å². The molecule has 2 rings (SSSR count). The van der Waals surface area contributed by atoms with Gasteiger partial charge in [0.05, 0.1) is 20.8 Å². The number of carboxylic acid groups (broad SMARTS) is 1. The Labute approximate surface area is 277 Å². The number of hydrogen-bond acceptors (Lipinski definition) is 4. The number of aryl methyl sites for hydroxylation is 1. The Balaban J connectivity index is 2.38. The van der Waals surface area contributed by atoms with E-state index in [0.29, 0.717) is 42.6 Å². The van der Waals surface area contributed by atoms with Crippen molar-refractivity contribution >= 4 is 28.1 Å². The predicted molar refractivity (Wildman–Crippen MR) is 194 cm³/mol. The number of allylic oxidation sites excluding steroid dienone is 3. The molecule has 254 valence electrons. The molecule has 1 N–H and O–H groups in total. The summed E-state index contributed by atoms with van der Waals surface area (Å²) in [4.78, 5) is 24.4. The zero-order valence-corrected chi connectivity index (χ0v) is 32.4. The van der Waals surface area contributed by atoms with Gasteiger partial charge in [0.2, 0.25) is 0 Å². The molecule has 0 saturated heterocycles. The number of carbonyl (C=O) groups excluding carboxylic acids is 1. The molecule has 0 aliphatic heterocycles. The Morgan fingerprint density at radius 2 is 1.71 bits per heavy atom. The highest BCUT2D eigenvalue weighted by molar-refractivity contribution is 6.80. The van der Waals surface area contributed by atoms with Gasteiger partial charge in [0, 0.05) is 31.8 Å². The van der Waals surface area contributed by atoms with Gasteiger partial charge >= 0.3 is 5.97 Å². The number of unbranched alkanes of at least 4 members (excludes halogenated alkanes) is 1. The minimum atomic E-state index is -2.08. The highest BCUT2D eigenvalue weighted by Gasteiger charge is 2.47. The van der Waals surface area contributed by atoms with Gasteiger partial charge in [0.25, 0.3) is 0 Å². The first-order chi connectivity index (χ1) is 20.8. The van der Waals surface area contributed by atoms with Gasteiger partial charge in [-0.3, -0.25) is 9.59 Å². The van der Waals surface area contributed by atoms with E-state index in [9.17, 15) is 9.59 Å².